The number of fused-ring (bicyclic) bond motifs is 2. The first-order chi connectivity index (χ1) is 16.2. The summed E-state index contributed by atoms with van der Waals surface area (Å²) in [6.45, 7) is 1.81. The Balaban J connectivity index is 1.53. The van der Waals surface area contributed by atoms with Crippen molar-refractivity contribution in [3.05, 3.63) is 71.4 Å². The summed E-state index contributed by atoms with van der Waals surface area (Å²) >= 11 is 0. The highest BCUT2D eigenvalue weighted by Gasteiger charge is 2.15. The van der Waals surface area contributed by atoms with E-state index in [4.69, 9.17) is 14.5 Å². The zero-order valence-electron chi connectivity index (χ0n) is 18.5. The van der Waals surface area contributed by atoms with Crippen molar-refractivity contribution in [2.45, 2.75) is 13.0 Å². The van der Waals surface area contributed by atoms with E-state index in [-0.39, 0.29) is 0 Å². The summed E-state index contributed by atoms with van der Waals surface area (Å²) in [4.78, 5) is 9.24. The highest BCUT2D eigenvalue weighted by molar-refractivity contribution is 5.86. The van der Waals surface area contributed by atoms with Crippen molar-refractivity contribution in [3.8, 4) is 28.7 Å². The molecule has 1 aliphatic rings. The zero-order valence-corrected chi connectivity index (χ0v) is 18.5. The number of hydrogen-bond acceptors (Lipinski definition) is 7. The number of nitrogens with zero attached hydrogens (tertiary/aromatic N) is 3. The predicted molar refractivity (Wildman–Crippen MR) is 128 cm³/mol. The Morgan fingerprint density at radius 1 is 1.00 bits per heavy atom. The van der Waals surface area contributed by atoms with Gasteiger partial charge in [0.15, 0.2) is 0 Å². The van der Waals surface area contributed by atoms with Gasteiger partial charge in [-0.05, 0) is 66.1 Å². The number of methoxy groups -OCH3 is 2. The molecule has 0 atom stereocenters. The third-order valence-electron chi connectivity index (χ3n) is 5.88. The molecular weight excluding hydrogens is 414 g/mol. The van der Waals surface area contributed by atoms with E-state index >= 15 is 0 Å². The Morgan fingerprint density at radius 3 is 2.70 bits per heavy atom. The Hall–Kier alpha value is -4.15. The molecule has 4 aromatic rings. The van der Waals surface area contributed by atoms with Gasteiger partial charge in [0.2, 0.25) is 5.95 Å². The van der Waals surface area contributed by atoms with Crippen molar-refractivity contribution < 1.29 is 9.47 Å². The average molecular weight is 438 g/mol. The van der Waals surface area contributed by atoms with E-state index in [1.807, 2.05) is 30.3 Å². The lowest BCUT2D eigenvalue weighted by atomic mass is 10.00. The van der Waals surface area contributed by atoms with Gasteiger partial charge >= 0.3 is 0 Å². The molecule has 0 radical (unpaired) electrons. The molecule has 0 unspecified atom stereocenters. The van der Waals surface area contributed by atoms with E-state index < -0.39 is 0 Å². The summed E-state index contributed by atoms with van der Waals surface area (Å²) < 4.78 is 11.1. The standard InChI is InChI=1S/C26H23N5O2/c1-32-24-6-3-16(13-27)9-21(24)18-4-5-19-15-29-26(30-22(19)10-18)31-23-11-20-14-28-8-7-17(20)12-25(23)33-2/h3-6,9-12,15,28H,7-8,14H2,1-2H3,(H,29,30,31). The number of nitriles is 1. The van der Waals surface area contributed by atoms with E-state index in [0.717, 1.165) is 53.0 Å². The van der Waals surface area contributed by atoms with E-state index in [2.05, 4.69) is 33.8 Å². The van der Waals surface area contributed by atoms with E-state index in [9.17, 15) is 5.26 Å². The van der Waals surface area contributed by atoms with E-state index in [1.54, 1.807) is 26.5 Å². The fourth-order valence-electron chi connectivity index (χ4n) is 4.15. The molecule has 2 N–H and O–H groups in total. The SMILES string of the molecule is COc1cc2c(cc1Nc1ncc3ccc(-c4cc(C#N)ccc4OC)cc3n1)CNCC2. The van der Waals surface area contributed by atoms with Crippen LogP contribution in [0.2, 0.25) is 0 Å². The molecule has 164 valence electrons. The van der Waals surface area contributed by atoms with Crippen LogP contribution in [0.1, 0.15) is 16.7 Å². The number of rotatable bonds is 5. The second-order valence-corrected chi connectivity index (χ2v) is 7.87. The summed E-state index contributed by atoms with van der Waals surface area (Å²) in [5.74, 6) is 1.96. The lowest BCUT2D eigenvalue weighted by molar-refractivity contribution is 0.415. The first-order valence-electron chi connectivity index (χ1n) is 10.7. The summed E-state index contributed by atoms with van der Waals surface area (Å²) in [6, 6.07) is 17.7. The third-order valence-corrected chi connectivity index (χ3v) is 5.88. The first-order valence-corrected chi connectivity index (χ1v) is 10.7. The van der Waals surface area contributed by atoms with Crippen LogP contribution in [0.3, 0.4) is 0 Å². The quantitative estimate of drug-likeness (QED) is 0.472. The Kier molecular flexibility index (Phi) is 5.51. The number of nitrogens with one attached hydrogen (secondary N) is 2. The van der Waals surface area contributed by atoms with Crippen LogP contribution in [0, 0.1) is 11.3 Å². The molecular formula is C26H23N5O2. The lowest BCUT2D eigenvalue weighted by Gasteiger charge is -2.20. The van der Waals surface area contributed by atoms with Crippen LogP contribution >= 0.6 is 0 Å². The Morgan fingerprint density at radius 2 is 1.88 bits per heavy atom. The molecule has 0 aliphatic carbocycles. The predicted octanol–water partition coefficient (Wildman–Crippen LogP) is 4.57. The minimum Gasteiger partial charge on any atom is -0.496 e. The molecule has 2 heterocycles. The average Bonchev–Trinajstić information content (AvgIpc) is 2.87. The molecule has 0 amide bonds. The maximum Gasteiger partial charge on any atom is 0.227 e. The normalized spacial score (nSPS) is 12.6. The molecule has 0 bridgehead atoms. The van der Waals surface area contributed by atoms with Gasteiger partial charge in [0.1, 0.15) is 11.5 Å². The van der Waals surface area contributed by atoms with Gasteiger partial charge in [-0.15, -0.1) is 0 Å². The molecule has 0 saturated carbocycles. The minimum absolute atomic E-state index is 0.486. The van der Waals surface area contributed by atoms with Crippen molar-refractivity contribution in [2.24, 2.45) is 0 Å². The molecule has 1 aromatic heterocycles. The van der Waals surface area contributed by atoms with Crippen LogP contribution in [0.25, 0.3) is 22.0 Å². The topological polar surface area (TPSA) is 92.1 Å². The second kappa shape index (κ2) is 8.77. The fourth-order valence-corrected chi connectivity index (χ4v) is 4.15. The van der Waals surface area contributed by atoms with Crippen LogP contribution < -0.4 is 20.1 Å². The van der Waals surface area contributed by atoms with E-state index in [0.29, 0.717) is 17.3 Å². The number of aromatic nitrogens is 2. The van der Waals surface area contributed by atoms with Crippen molar-refractivity contribution in [1.82, 2.24) is 15.3 Å². The fraction of sp³-hybridized carbons (Fsp3) is 0.192. The number of hydrogen-bond donors (Lipinski definition) is 2. The molecule has 0 spiro atoms. The lowest BCUT2D eigenvalue weighted by Crippen LogP contribution is -2.23. The largest absolute Gasteiger partial charge is 0.496 e. The van der Waals surface area contributed by atoms with Gasteiger partial charge in [-0.2, -0.15) is 5.26 Å². The van der Waals surface area contributed by atoms with Crippen LogP contribution in [0.4, 0.5) is 11.6 Å². The minimum atomic E-state index is 0.486. The van der Waals surface area contributed by atoms with Crippen LogP contribution in [-0.2, 0) is 13.0 Å². The zero-order chi connectivity index (χ0) is 22.8. The Bertz CT molecular complexity index is 1390. The third kappa shape index (κ3) is 4.04. The maximum atomic E-state index is 9.30. The summed E-state index contributed by atoms with van der Waals surface area (Å²) in [6.07, 6.45) is 2.78. The smallest absolute Gasteiger partial charge is 0.227 e. The van der Waals surface area contributed by atoms with Crippen molar-refractivity contribution in [2.75, 3.05) is 26.1 Å². The summed E-state index contributed by atoms with van der Waals surface area (Å²) in [7, 11) is 3.29. The maximum absolute atomic E-state index is 9.30. The summed E-state index contributed by atoms with van der Waals surface area (Å²) in [5.41, 5.74) is 6.50. The molecule has 5 rings (SSSR count). The Labute approximate surface area is 192 Å². The van der Waals surface area contributed by atoms with Gasteiger partial charge < -0.3 is 20.1 Å². The number of ether oxygens (including phenoxy) is 2. The number of anilines is 2. The molecule has 3 aromatic carbocycles. The monoisotopic (exact) mass is 437 g/mol. The summed E-state index contributed by atoms with van der Waals surface area (Å²) in [5, 5.41) is 16.9. The molecule has 33 heavy (non-hydrogen) atoms. The van der Waals surface area contributed by atoms with Gasteiger partial charge in [-0.25, -0.2) is 9.97 Å². The van der Waals surface area contributed by atoms with Crippen LogP contribution in [-0.4, -0.2) is 30.7 Å². The highest BCUT2D eigenvalue weighted by Crippen LogP contribution is 2.34. The van der Waals surface area contributed by atoms with Gasteiger partial charge in [0.25, 0.3) is 0 Å². The van der Waals surface area contributed by atoms with Crippen molar-refractivity contribution in [1.29, 1.82) is 5.26 Å². The van der Waals surface area contributed by atoms with E-state index in [1.165, 1.54) is 11.1 Å². The van der Waals surface area contributed by atoms with Gasteiger partial charge in [-0.3, -0.25) is 0 Å². The van der Waals surface area contributed by atoms with Gasteiger partial charge in [-0.1, -0.05) is 12.1 Å². The molecule has 7 nitrogen and oxygen atoms in total. The molecule has 0 saturated heterocycles. The number of benzene rings is 3. The second-order valence-electron chi connectivity index (χ2n) is 7.87. The molecule has 1 aliphatic heterocycles. The molecule has 0 fully saturated rings. The first kappa shape index (κ1) is 20.7. The van der Waals surface area contributed by atoms with Crippen LogP contribution in [0.5, 0.6) is 11.5 Å². The van der Waals surface area contributed by atoms with Gasteiger partial charge in [0, 0.05) is 23.7 Å². The highest BCUT2D eigenvalue weighted by atomic mass is 16.5. The van der Waals surface area contributed by atoms with Crippen molar-refractivity contribution >= 4 is 22.5 Å². The van der Waals surface area contributed by atoms with Gasteiger partial charge in [0.05, 0.1) is 37.1 Å². The van der Waals surface area contributed by atoms with Crippen molar-refractivity contribution in [3.63, 3.8) is 0 Å². The molecule has 7 heteroatoms. The van der Waals surface area contributed by atoms with Crippen LogP contribution in [0.15, 0.2) is 54.7 Å².